The molecule has 30 heavy (non-hydrogen) atoms. The Morgan fingerprint density at radius 2 is 1.53 bits per heavy atom. The molecule has 2 aliphatic rings. The van der Waals surface area contributed by atoms with E-state index in [1.807, 2.05) is 12.1 Å². The molecule has 1 aromatic rings. The first-order chi connectivity index (χ1) is 14.4. The van der Waals surface area contributed by atoms with Gasteiger partial charge in [0.15, 0.2) is 5.96 Å². The summed E-state index contributed by atoms with van der Waals surface area (Å²) in [6.07, 6.45) is 4.75. The number of ether oxygens (including phenoxy) is 2. The van der Waals surface area contributed by atoms with Gasteiger partial charge in [0.05, 0.1) is 32.7 Å². The number of nitrogens with one attached hydrogen (secondary N) is 2. The van der Waals surface area contributed by atoms with Crippen LogP contribution in [0.2, 0.25) is 0 Å². The number of nitrogens with zero attached hydrogens (tertiary/aromatic N) is 3. The minimum atomic E-state index is 0. The van der Waals surface area contributed by atoms with Crippen LogP contribution >= 0.6 is 24.0 Å². The molecule has 0 atom stereocenters. The third-order valence-corrected chi connectivity index (χ3v) is 5.30. The second-order valence-corrected chi connectivity index (χ2v) is 7.53. The third kappa shape index (κ3) is 10.4. The van der Waals surface area contributed by atoms with Crippen molar-refractivity contribution in [3.8, 4) is 0 Å². The Hall–Kier alpha value is -0.880. The van der Waals surface area contributed by atoms with E-state index in [0.29, 0.717) is 0 Å². The van der Waals surface area contributed by atoms with Crippen LogP contribution in [0.1, 0.15) is 18.6 Å². The normalized spacial score (nSPS) is 18.7. The van der Waals surface area contributed by atoms with Gasteiger partial charge < -0.3 is 24.5 Å². The topological polar surface area (TPSA) is 74.5 Å². The van der Waals surface area contributed by atoms with Crippen LogP contribution in [0.3, 0.4) is 0 Å². The molecule has 1 aromatic heterocycles. The highest BCUT2D eigenvalue weighted by Crippen LogP contribution is 2.00. The average molecular weight is 535 g/mol. The molecular weight excluding hydrogens is 497 g/mol. The lowest BCUT2D eigenvalue weighted by atomic mass is 10.3. The summed E-state index contributed by atoms with van der Waals surface area (Å²) in [4.78, 5) is 9.71. The van der Waals surface area contributed by atoms with Crippen molar-refractivity contribution in [1.82, 2.24) is 20.4 Å². The van der Waals surface area contributed by atoms with Crippen molar-refractivity contribution < 1.29 is 13.9 Å². The Kier molecular flexibility index (Phi) is 13.4. The van der Waals surface area contributed by atoms with Crippen molar-refractivity contribution in [2.45, 2.75) is 19.3 Å². The van der Waals surface area contributed by atoms with Gasteiger partial charge in [-0.3, -0.25) is 14.8 Å². The van der Waals surface area contributed by atoms with E-state index in [2.05, 4.69) is 20.4 Å². The van der Waals surface area contributed by atoms with Gasteiger partial charge in [0.1, 0.15) is 5.76 Å². The first-order valence-corrected chi connectivity index (χ1v) is 11.0. The van der Waals surface area contributed by atoms with E-state index in [1.54, 1.807) is 6.26 Å². The number of hydrogen-bond donors (Lipinski definition) is 2. The van der Waals surface area contributed by atoms with Gasteiger partial charge in [-0.1, -0.05) is 0 Å². The minimum Gasteiger partial charge on any atom is -0.469 e. The first-order valence-electron chi connectivity index (χ1n) is 11.0. The molecule has 2 aliphatic heterocycles. The number of rotatable bonds is 11. The molecule has 0 unspecified atom stereocenters. The molecule has 8 nitrogen and oxygen atoms in total. The summed E-state index contributed by atoms with van der Waals surface area (Å²) in [5, 5.41) is 6.94. The van der Waals surface area contributed by atoms with Gasteiger partial charge in [-0.05, 0) is 31.5 Å². The number of aliphatic imine (C=N–C) groups is 1. The van der Waals surface area contributed by atoms with Crippen LogP contribution in [0.4, 0.5) is 0 Å². The van der Waals surface area contributed by atoms with Crippen molar-refractivity contribution in [3.63, 3.8) is 0 Å². The maximum Gasteiger partial charge on any atom is 0.191 e. The van der Waals surface area contributed by atoms with Crippen LogP contribution in [0.25, 0.3) is 0 Å². The van der Waals surface area contributed by atoms with Crippen LogP contribution in [-0.2, 0) is 15.9 Å². The third-order valence-electron chi connectivity index (χ3n) is 5.30. The molecular formula is C21H38IN5O3. The molecule has 3 rings (SSSR count). The first kappa shape index (κ1) is 25.4. The van der Waals surface area contributed by atoms with Crippen LogP contribution in [0.5, 0.6) is 0 Å². The molecule has 2 saturated heterocycles. The predicted octanol–water partition coefficient (Wildman–Crippen LogP) is 1.42. The molecule has 0 saturated carbocycles. The quantitative estimate of drug-likeness (QED) is 0.192. The van der Waals surface area contributed by atoms with Crippen LogP contribution in [0.15, 0.2) is 27.8 Å². The molecule has 9 heteroatoms. The van der Waals surface area contributed by atoms with Gasteiger partial charge >= 0.3 is 0 Å². The molecule has 172 valence electrons. The Morgan fingerprint density at radius 1 is 0.900 bits per heavy atom. The summed E-state index contributed by atoms with van der Waals surface area (Å²) in [7, 11) is 0. The van der Waals surface area contributed by atoms with E-state index < -0.39 is 0 Å². The second-order valence-electron chi connectivity index (χ2n) is 7.53. The maximum atomic E-state index is 5.41. The molecule has 0 radical (unpaired) electrons. The molecule has 3 heterocycles. The largest absolute Gasteiger partial charge is 0.469 e. The van der Waals surface area contributed by atoms with Gasteiger partial charge in [0.2, 0.25) is 0 Å². The van der Waals surface area contributed by atoms with E-state index >= 15 is 0 Å². The summed E-state index contributed by atoms with van der Waals surface area (Å²) >= 11 is 0. The van der Waals surface area contributed by atoms with Crippen molar-refractivity contribution in [1.29, 1.82) is 0 Å². The van der Waals surface area contributed by atoms with E-state index in [1.165, 1.54) is 0 Å². The highest BCUT2D eigenvalue weighted by Gasteiger charge is 2.10. The van der Waals surface area contributed by atoms with Crippen molar-refractivity contribution >= 4 is 29.9 Å². The van der Waals surface area contributed by atoms with Gasteiger partial charge in [-0.2, -0.15) is 0 Å². The van der Waals surface area contributed by atoms with Gasteiger partial charge in [0, 0.05) is 58.8 Å². The highest BCUT2D eigenvalue weighted by atomic mass is 127. The second kappa shape index (κ2) is 15.9. The smallest absolute Gasteiger partial charge is 0.191 e. The summed E-state index contributed by atoms with van der Waals surface area (Å²) in [5.74, 6) is 1.90. The van der Waals surface area contributed by atoms with Crippen molar-refractivity contribution in [2.75, 3.05) is 85.3 Å². The molecule has 2 fully saturated rings. The summed E-state index contributed by atoms with van der Waals surface area (Å²) in [5.41, 5.74) is 0. The Morgan fingerprint density at radius 3 is 2.17 bits per heavy atom. The minimum absolute atomic E-state index is 0. The molecule has 2 N–H and O–H groups in total. The van der Waals surface area contributed by atoms with Crippen LogP contribution < -0.4 is 10.6 Å². The Bertz CT molecular complexity index is 561. The summed E-state index contributed by atoms with van der Waals surface area (Å²) in [6, 6.07) is 3.94. The van der Waals surface area contributed by atoms with Gasteiger partial charge in [0.25, 0.3) is 0 Å². The Labute approximate surface area is 197 Å². The molecule has 0 bridgehead atoms. The van der Waals surface area contributed by atoms with E-state index in [0.717, 1.165) is 116 Å². The zero-order valence-electron chi connectivity index (χ0n) is 18.0. The zero-order chi connectivity index (χ0) is 20.0. The fraction of sp³-hybridized carbons (Fsp3) is 0.762. The van der Waals surface area contributed by atoms with Gasteiger partial charge in [-0.15, -0.1) is 24.0 Å². The number of hydrogen-bond acceptors (Lipinski definition) is 6. The molecule has 0 aliphatic carbocycles. The lowest BCUT2D eigenvalue weighted by molar-refractivity contribution is 0.0376. The Balaban J connectivity index is 0.00000320. The monoisotopic (exact) mass is 535 g/mol. The standard InChI is InChI=1S/C21H37N5O3.HI/c1-4-20(29-15-1)5-8-24-21(22-6-2-9-25-11-16-27-17-12-25)23-7-3-10-26-13-18-28-19-14-26;/h1,4,15H,2-3,5-14,16-19H2,(H2,22,23,24);1H. The van der Waals surface area contributed by atoms with Crippen molar-refractivity contribution in [2.24, 2.45) is 4.99 Å². The summed E-state index contributed by atoms with van der Waals surface area (Å²) < 4.78 is 16.2. The number of furan rings is 1. The van der Waals surface area contributed by atoms with E-state index in [9.17, 15) is 0 Å². The SMILES string of the molecule is I.c1coc(CCNC(=NCCCN2CCOCC2)NCCCN2CCOCC2)c1. The lowest BCUT2D eigenvalue weighted by Gasteiger charge is -2.26. The van der Waals surface area contributed by atoms with E-state index in [-0.39, 0.29) is 24.0 Å². The average Bonchev–Trinajstić information content (AvgIpc) is 3.29. The highest BCUT2D eigenvalue weighted by molar-refractivity contribution is 14.0. The lowest BCUT2D eigenvalue weighted by Crippen LogP contribution is -2.41. The fourth-order valence-corrected chi connectivity index (χ4v) is 3.58. The zero-order valence-corrected chi connectivity index (χ0v) is 20.4. The number of morpholine rings is 2. The van der Waals surface area contributed by atoms with Crippen molar-refractivity contribution in [3.05, 3.63) is 24.2 Å². The summed E-state index contributed by atoms with van der Waals surface area (Å²) in [6.45, 7) is 12.4. The van der Waals surface area contributed by atoms with Crippen LogP contribution in [0, 0.1) is 0 Å². The van der Waals surface area contributed by atoms with Crippen LogP contribution in [-0.4, -0.2) is 101 Å². The molecule has 0 amide bonds. The van der Waals surface area contributed by atoms with Gasteiger partial charge in [-0.25, -0.2) is 0 Å². The molecule has 0 spiro atoms. The maximum absolute atomic E-state index is 5.41. The number of halogens is 1. The van der Waals surface area contributed by atoms with E-state index in [4.69, 9.17) is 18.9 Å². The number of guanidine groups is 1. The molecule has 0 aromatic carbocycles. The fourth-order valence-electron chi connectivity index (χ4n) is 3.58. The predicted molar refractivity (Wildman–Crippen MR) is 130 cm³/mol.